The van der Waals surface area contributed by atoms with Crippen LogP contribution in [-0.4, -0.2) is 216 Å². The molecule has 39 heteroatoms. The Labute approximate surface area is 697 Å². The minimum Gasteiger partial charge on any atom is -0.391 e. The Morgan fingerprint density at radius 2 is 1.26 bits per heavy atom. The van der Waals surface area contributed by atoms with E-state index in [1.165, 1.54) is 32.2 Å². The molecule has 38 nitrogen and oxygen atoms in total. The van der Waals surface area contributed by atoms with Gasteiger partial charge in [0.2, 0.25) is 81.0 Å². The first-order chi connectivity index (χ1) is 56.9. The highest BCUT2D eigenvalue weighted by molar-refractivity contribution is 7.89. The molecule has 10 atom stereocenters. The van der Waals surface area contributed by atoms with Gasteiger partial charge in [-0.3, -0.25) is 57.4 Å². The summed E-state index contributed by atoms with van der Waals surface area (Å²) in [4.78, 5) is 180. The number of carbonyl (C=O) groups excluding carboxylic acids is 12. The molecule has 3 heterocycles. The number of hydrogen-bond donors (Lipinski definition) is 18. The number of unbranched alkanes of at least 4 members (excludes halogenated alkanes) is 2. The predicted octanol–water partition coefficient (Wildman–Crippen LogP) is -0.256. The maximum atomic E-state index is 15.0. The molecule has 1 aliphatic heterocycles. The summed E-state index contributed by atoms with van der Waals surface area (Å²) in [5, 5.41) is 63.3. The Balaban J connectivity index is 1.13. The van der Waals surface area contributed by atoms with Gasteiger partial charge < -0.3 is 96.1 Å². The van der Waals surface area contributed by atoms with Crippen molar-refractivity contribution in [2.75, 3.05) is 56.1 Å². The molecule has 0 radical (unpaired) electrons. The lowest BCUT2D eigenvalue weighted by Crippen LogP contribution is -2.60. The second-order valence-corrected chi connectivity index (χ2v) is 32.2. The van der Waals surface area contributed by atoms with Crippen LogP contribution in [0.1, 0.15) is 128 Å². The van der Waals surface area contributed by atoms with Crippen LogP contribution >= 0.6 is 0 Å². The number of rotatable bonds is 33. The number of nitrogens with zero attached hydrogens (tertiary/aromatic N) is 6. The SMILES string of the molecule is Cc1ccc(N(C(=O)NCc2ccc(-c3ccc(C[C@H]4NC(=O)C(CCN)NC(=O)[C@@H](NC(=O)CNC(=O)[C@@H](NC(=O)[C@@H](CCN)NC(=O)CCCCCC(C)C)[C@@H](C)O)CCNC(=O)[C@H]([C@@H](C)O)NC(=O)CNC(=O)[C@H](CCN)NC(=O)[C@H](CC(C)C)NC4=O)cc3)cc2)c2nccc(N(C)c3ccc4c(C)n(C)nc4c3)n2)cc1S(N)(=O)=O. The van der Waals surface area contributed by atoms with E-state index in [1.54, 1.807) is 98.1 Å². The third-order valence-electron chi connectivity index (χ3n) is 20.1. The van der Waals surface area contributed by atoms with Gasteiger partial charge in [0.15, 0.2) is 0 Å². The summed E-state index contributed by atoms with van der Waals surface area (Å²) in [7, 11) is -0.620. The first-order valence-corrected chi connectivity index (χ1v) is 41.5. The largest absolute Gasteiger partial charge is 0.391 e. The highest BCUT2D eigenvalue weighted by Crippen LogP contribution is 2.32. The van der Waals surface area contributed by atoms with Gasteiger partial charge in [-0.05, 0) is 162 Å². The first kappa shape index (κ1) is 95.5. The number of fused-ring (bicyclic) bond motifs is 1. The molecular weight excluding hydrogens is 1570 g/mol. The molecule has 0 saturated carbocycles. The summed E-state index contributed by atoms with van der Waals surface area (Å²) in [6.07, 6.45) is 0.525. The second kappa shape index (κ2) is 45.5. The molecule has 22 N–H and O–H groups in total. The zero-order valence-electron chi connectivity index (χ0n) is 69.4. The average Bonchev–Trinajstić information content (AvgIpc) is 1.20. The van der Waals surface area contributed by atoms with Crippen LogP contribution in [0.2, 0.25) is 0 Å². The van der Waals surface area contributed by atoms with Crippen LogP contribution in [0.15, 0.2) is 102 Å². The summed E-state index contributed by atoms with van der Waals surface area (Å²) < 4.78 is 27.4. The zero-order valence-corrected chi connectivity index (χ0v) is 70.2. The van der Waals surface area contributed by atoms with Crippen molar-refractivity contribution >= 4 is 115 Å². The number of nitrogens with two attached hydrogens (primary N) is 4. The summed E-state index contributed by atoms with van der Waals surface area (Å²) in [5.41, 5.74) is 23.1. The highest BCUT2D eigenvalue weighted by Gasteiger charge is 2.37. The van der Waals surface area contributed by atoms with Crippen LogP contribution in [0.5, 0.6) is 0 Å². The van der Waals surface area contributed by atoms with Crippen LogP contribution in [0.4, 0.5) is 27.9 Å². The molecule has 1 unspecified atom stereocenters. The maximum absolute atomic E-state index is 15.0. The number of aryl methyl sites for hydroxylation is 3. The molecule has 1 saturated heterocycles. The fourth-order valence-corrected chi connectivity index (χ4v) is 14.0. The number of amides is 13. The van der Waals surface area contributed by atoms with Crippen LogP contribution in [-0.2, 0) is 82.8 Å². The fraction of sp³-hybridized carbons (Fsp3) is 0.494. The molecule has 652 valence electrons. The molecule has 4 aromatic carbocycles. The number of aromatic nitrogens is 4. The summed E-state index contributed by atoms with van der Waals surface area (Å²) in [6, 6.07) is 12.9. The lowest BCUT2D eigenvalue weighted by molar-refractivity contribution is -0.136. The molecule has 0 spiro atoms. The van der Waals surface area contributed by atoms with E-state index in [1.807, 2.05) is 32.2 Å². The number of hydrogen-bond acceptors (Lipinski definition) is 23. The zero-order chi connectivity index (χ0) is 88.2. The minimum atomic E-state index is -4.26. The third kappa shape index (κ3) is 28.3. The van der Waals surface area contributed by atoms with E-state index in [-0.39, 0.29) is 87.2 Å². The van der Waals surface area contributed by atoms with Crippen LogP contribution in [0.25, 0.3) is 22.0 Å². The predicted molar refractivity (Wildman–Crippen MR) is 449 cm³/mol. The van der Waals surface area contributed by atoms with Crippen LogP contribution < -0.4 is 95.9 Å². The van der Waals surface area contributed by atoms with E-state index in [2.05, 4.69) is 87.7 Å². The Morgan fingerprint density at radius 3 is 1.88 bits per heavy atom. The maximum Gasteiger partial charge on any atom is 0.329 e. The lowest BCUT2D eigenvalue weighted by atomic mass is 9.98. The minimum absolute atomic E-state index is 0.0140. The van der Waals surface area contributed by atoms with E-state index >= 15 is 0 Å². The van der Waals surface area contributed by atoms with Crippen molar-refractivity contribution in [1.82, 2.24) is 83.5 Å². The van der Waals surface area contributed by atoms with Gasteiger partial charge in [-0.1, -0.05) is 102 Å². The average molecular weight is 1690 g/mol. The molecule has 1 fully saturated rings. The van der Waals surface area contributed by atoms with Crippen molar-refractivity contribution in [1.29, 1.82) is 0 Å². The van der Waals surface area contributed by atoms with Crippen molar-refractivity contribution < 1.29 is 76.2 Å². The van der Waals surface area contributed by atoms with Crippen molar-refractivity contribution in [3.8, 4) is 11.1 Å². The molecule has 0 aliphatic carbocycles. The van der Waals surface area contributed by atoms with E-state index < -0.39 is 168 Å². The summed E-state index contributed by atoms with van der Waals surface area (Å²) in [6.45, 7) is 11.0. The second-order valence-electron chi connectivity index (χ2n) is 30.6. The van der Waals surface area contributed by atoms with Crippen molar-refractivity contribution in [2.45, 2.75) is 198 Å². The normalized spacial score (nSPS) is 18.6. The Bertz CT molecular complexity index is 4700. The Morgan fingerprint density at radius 1 is 0.642 bits per heavy atom. The van der Waals surface area contributed by atoms with Crippen molar-refractivity contribution in [3.63, 3.8) is 0 Å². The summed E-state index contributed by atoms with van der Waals surface area (Å²) >= 11 is 0. The van der Waals surface area contributed by atoms with Crippen LogP contribution in [0, 0.1) is 25.7 Å². The van der Waals surface area contributed by atoms with Gasteiger partial charge in [0.25, 0.3) is 0 Å². The number of urea groups is 1. The Kier molecular flexibility index (Phi) is 36.2. The topological polar surface area (TPSA) is 578 Å². The summed E-state index contributed by atoms with van der Waals surface area (Å²) in [5.74, 6) is -9.48. The smallest absolute Gasteiger partial charge is 0.329 e. The Hall–Kier alpha value is -11.6. The van der Waals surface area contributed by atoms with Gasteiger partial charge in [-0.25, -0.2) is 28.2 Å². The van der Waals surface area contributed by atoms with Gasteiger partial charge in [-0.2, -0.15) is 10.1 Å². The van der Waals surface area contributed by atoms with Gasteiger partial charge >= 0.3 is 6.03 Å². The van der Waals surface area contributed by atoms with Gasteiger partial charge in [0.1, 0.15) is 54.2 Å². The number of benzene rings is 4. The van der Waals surface area contributed by atoms with Gasteiger partial charge in [0.05, 0.1) is 41.4 Å². The fourth-order valence-electron chi connectivity index (χ4n) is 13.2. The first-order valence-electron chi connectivity index (χ1n) is 40.0. The van der Waals surface area contributed by atoms with E-state index in [4.69, 9.17) is 27.3 Å². The number of nitrogens with one attached hydrogen (secondary N) is 12. The quantitative estimate of drug-likeness (QED) is 0.0236. The number of carbonyl (C=O) groups is 12. The van der Waals surface area contributed by atoms with Gasteiger partial charge in [0, 0.05) is 63.0 Å². The van der Waals surface area contributed by atoms with Crippen molar-refractivity contribution in [2.24, 2.45) is 41.2 Å². The number of sulfonamides is 1. The molecular formula is C81H116N22O16S. The number of primary sulfonamides is 1. The molecule has 2 aromatic heterocycles. The van der Waals surface area contributed by atoms with Crippen LogP contribution in [0.3, 0.4) is 0 Å². The molecule has 6 aromatic rings. The standard InChI is InChI=1S/C81H116N22O16S/c1-45(2)14-12-11-13-15-67(106)91-59(29-34-83)75(112)99-71(50(8)105)79(116)89-43-68(107)92-61-31-36-86-78(115)70(49(7)104)98-69(108)44-88-72(109)58(28-33-82)93-76(113)63(38-46(3)4)95-77(114)64(96-73(110)60(30-35-84)94-74(61)111)39-51-17-21-53(22-18-51)54-23-19-52(20-24-54)42-90-81(117)103(56-25-16-47(5)65(41-56)120(85,118)119)80-87-37-32-66(97-80)101(9)55-26-27-57-48(6)102(10)100-62(57)40-55/h16-27,32,37,40-41,45-46,49-50,58-61,63-64,70-71,104-105H,11-15,28-31,33-36,38-39,42-44,82-84H2,1-10H3,(H,86,115)(H,88,109)(H,89,116)(H,90,117)(H,91,106)(H,92,107)(H,93,113)(H,94,111)(H,95,114)(H,96,110)(H,98,108)(H,99,112)(H2,85,118,119)/t49-,50-,58+,59-,60?,61+,63+,64-,70+,71+/m1/s1. The number of aliphatic hydroxyl groups excluding tert-OH is 2. The molecule has 7 rings (SSSR count). The molecule has 120 heavy (non-hydrogen) atoms. The number of aliphatic hydroxyl groups is 2. The monoisotopic (exact) mass is 1680 g/mol. The van der Waals surface area contributed by atoms with Crippen molar-refractivity contribution in [3.05, 3.63) is 120 Å². The highest BCUT2D eigenvalue weighted by atomic mass is 32.2. The molecule has 1 aliphatic rings. The van der Waals surface area contributed by atoms with Gasteiger partial charge in [-0.15, -0.1) is 0 Å². The van der Waals surface area contributed by atoms with E-state index in [0.717, 1.165) is 46.4 Å². The van der Waals surface area contributed by atoms with E-state index in [9.17, 15) is 76.2 Å². The number of anilines is 4. The molecule has 0 bridgehead atoms. The third-order valence-corrected chi connectivity index (χ3v) is 21.1. The molecule has 13 amide bonds. The van der Waals surface area contributed by atoms with E-state index in [0.29, 0.717) is 46.0 Å². The lowest BCUT2D eigenvalue weighted by Gasteiger charge is -2.28.